The van der Waals surface area contributed by atoms with Crippen LogP contribution in [0.15, 0.2) is 12.1 Å². The largest absolute Gasteiger partial charge is 0.491 e. The van der Waals surface area contributed by atoms with E-state index in [1.165, 1.54) is 12.1 Å². The van der Waals surface area contributed by atoms with E-state index in [0.717, 1.165) is 11.1 Å². The van der Waals surface area contributed by atoms with Gasteiger partial charge in [-0.25, -0.2) is 4.39 Å². The minimum absolute atomic E-state index is 0.0712. The Morgan fingerprint density at radius 3 is 2.17 bits per heavy atom. The van der Waals surface area contributed by atoms with Crippen LogP contribution in [0.25, 0.3) is 0 Å². The monoisotopic (exact) mass is 168 g/mol. The zero-order valence-electron chi connectivity index (χ0n) is 7.00. The molecular weight excluding hydrogens is 158 g/mol. The van der Waals surface area contributed by atoms with Crippen LogP contribution in [0.3, 0.4) is 0 Å². The first-order valence-electron chi connectivity index (χ1n) is 3.65. The molecule has 0 fully saturated rings. The van der Waals surface area contributed by atoms with Crippen LogP contribution in [-0.4, -0.2) is 17.2 Å². The molecule has 0 unspecified atom stereocenters. The highest BCUT2D eigenvalue weighted by molar-refractivity contribution is 6.58. The lowest BCUT2D eigenvalue weighted by molar-refractivity contribution is 0.423. The van der Waals surface area contributed by atoms with Gasteiger partial charge in [-0.2, -0.15) is 0 Å². The molecule has 0 aromatic heterocycles. The second-order valence-electron chi connectivity index (χ2n) is 2.83. The second kappa shape index (κ2) is 3.25. The molecule has 0 saturated carbocycles. The third-order valence-corrected chi connectivity index (χ3v) is 1.89. The molecule has 2 nitrogen and oxygen atoms in total. The molecule has 0 spiro atoms. The zero-order chi connectivity index (χ0) is 9.30. The average molecular weight is 168 g/mol. The van der Waals surface area contributed by atoms with Crippen LogP contribution in [0.4, 0.5) is 4.39 Å². The predicted molar refractivity (Wildman–Crippen MR) is 45.7 cm³/mol. The topological polar surface area (TPSA) is 40.5 Å². The predicted octanol–water partition coefficient (Wildman–Crippen LogP) is 0.122. The smallest absolute Gasteiger partial charge is 0.423 e. The summed E-state index contributed by atoms with van der Waals surface area (Å²) in [6.07, 6.45) is 0. The van der Waals surface area contributed by atoms with Crippen LogP contribution < -0.4 is 5.46 Å². The van der Waals surface area contributed by atoms with Gasteiger partial charge in [0.25, 0.3) is 0 Å². The molecular formula is C8H10BFO2. The highest BCUT2D eigenvalue weighted by Gasteiger charge is 2.16. The van der Waals surface area contributed by atoms with Crippen LogP contribution in [0, 0.1) is 19.7 Å². The highest BCUT2D eigenvalue weighted by Crippen LogP contribution is 2.06. The molecule has 1 rings (SSSR count). The molecule has 0 heterocycles. The minimum atomic E-state index is -1.73. The summed E-state index contributed by atoms with van der Waals surface area (Å²) in [4.78, 5) is 0. The Balaban J connectivity index is 3.23. The molecule has 1 aromatic rings. The molecule has 12 heavy (non-hydrogen) atoms. The number of hydrogen-bond acceptors (Lipinski definition) is 2. The summed E-state index contributed by atoms with van der Waals surface area (Å²) >= 11 is 0. The number of hydrogen-bond donors (Lipinski definition) is 2. The maximum absolute atomic E-state index is 13.0. The van der Waals surface area contributed by atoms with Crippen LogP contribution in [0.1, 0.15) is 11.1 Å². The molecule has 4 heteroatoms. The van der Waals surface area contributed by atoms with Crippen molar-refractivity contribution in [2.75, 3.05) is 0 Å². The first-order chi connectivity index (χ1) is 5.52. The van der Waals surface area contributed by atoms with E-state index in [1.807, 2.05) is 0 Å². The number of halogens is 1. The first kappa shape index (κ1) is 9.22. The van der Waals surface area contributed by atoms with E-state index in [1.54, 1.807) is 13.8 Å². The number of aryl methyl sites for hydroxylation is 2. The van der Waals surface area contributed by atoms with Crippen molar-refractivity contribution >= 4 is 12.6 Å². The molecule has 0 aliphatic heterocycles. The molecule has 0 amide bonds. The summed E-state index contributed by atoms with van der Waals surface area (Å²) in [6, 6.07) is 2.74. The van der Waals surface area contributed by atoms with E-state index in [2.05, 4.69) is 0 Å². The van der Waals surface area contributed by atoms with E-state index in [4.69, 9.17) is 10.0 Å². The molecule has 0 atom stereocenters. The Kier molecular flexibility index (Phi) is 2.50. The molecule has 1 aromatic carbocycles. The van der Waals surface area contributed by atoms with Crippen LogP contribution >= 0.6 is 0 Å². The Morgan fingerprint density at radius 2 is 1.67 bits per heavy atom. The summed E-state index contributed by atoms with van der Waals surface area (Å²) in [5.41, 5.74) is 1.58. The minimum Gasteiger partial charge on any atom is -0.423 e. The van der Waals surface area contributed by atoms with E-state index < -0.39 is 12.9 Å². The third kappa shape index (κ3) is 1.65. The zero-order valence-corrected chi connectivity index (χ0v) is 7.00. The van der Waals surface area contributed by atoms with Crippen molar-refractivity contribution in [2.45, 2.75) is 13.8 Å². The van der Waals surface area contributed by atoms with Crippen molar-refractivity contribution in [3.63, 3.8) is 0 Å². The normalized spacial score (nSPS) is 10.1. The van der Waals surface area contributed by atoms with Gasteiger partial charge in [-0.1, -0.05) is 6.07 Å². The van der Waals surface area contributed by atoms with E-state index >= 15 is 0 Å². The lowest BCUT2D eigenvalue weighted by Crippen LogP contribution is -2.33. The van der Waals surface area contributed by atoms with Gasteiger partial charge in [-0.15, -0.1) is 0 Å². The summed E-state index contributed by atoms with van der Waals surface area (Å²) in [5.74, 6) is -0.576. The standard InChI is InChI=1S/C8H10BFO2/c1-5-3-7(9(11)12)8(10)4-6(5)2/h3-4,11-12H,1-2H3. The molecule has 0 aliphatic carbocycles. The van der Waals surface area contributed by atoms with Gasteiger partial charge in [-0.3, -0.25) is 0 Å². The lowest BCUT2D eigenvalue weighted by Gasteiger charge is -2.05. The molecule has 2 N–H and O–H groups in total. The van der Waals surface area contributed by atoms with Gasteiger partial charge in [0, 0.05) is 5.46 Å². The Hall–Kier alpha value is -0.865. The summed E-state index contributed by atoms with van der Waals surface area (Å²) in [7, 11) is -1.73. The van der Waals surface area contributed by atoms with Gasteiger partial charge < -0.3 is 10.0 Å². The SMILES string of the molecule is Cc1cc(F)c(B(O)O)cc1C. The van der Waals surface area contributed by atoms with Crippen molar-refractivity contribution in [2.24, 2.45) is 0 Å². The van der Waals surface area contributed by atoms with Gasteiger partial charge >= 0.3 is 7.12 Å². The Labute approximate surface area is 70.8 Å². The van der Waals surface area contributed by atoms with Crippen LogP contribution in [0.5, 0.6) is 0 Å². The second-order valence-corrected chi connectivity index (χ2v) is 2.83. The van der Waals surface area contributed by atoms with Gasteiger partial charge in [0.15, 0.2) is 0 Å². The molecule has 0 bridgehead atoms. The molecule has 64 valence electrons. The van der Waals surface area contributed by atoms with Gasteiger partial charge in [0.2, 0.25) is 0 Å². The van der Waals surface area contributed by atoms with Crippen molar-refractivity contribution in [1.82, 2.24) is 0 Å². The maximum Gasteiger partial charge on any atom is 0.491 e. The van der Waals surface area contributed by atoms with Crippen LogP contribution in [0.2, 0.25) is 0 Å². The third-order valence-electron chi connectivity index (χ3n) is 1.89. The fraction of sp³-hybridized carbons (Fsp3) is 0.250. The van der Waals surface area contributed by atoms with Crippen molar-refractivity contribution in [3.8, 4) is 0 Å². The Morgan fingerprint density at radius 1 is 1.17 bits per heavy atom. The maximum atomic E-state index is 13.0. The van der Waals surface area contributed by atoms with Gasteiger partial charge in [-0.05, 0) is 31.0 Å². The number of rotatable bonds is 1. The van der Waals surface area contributed by atoms with E-state index in [-0.39, 0.29) is 5.46 Å². The summed E-state index contributed by atoms with van der Waals surface area (Å²) in [5, 5.41) is 17.5. The average Bonchev–Trinajstić information content (AvgIpc) is 1.96. The highest BCUT2D eigenvalue weighted by atomic mass is 19.1. The Bertz CT molecular complexity index is 299. The molecule has 0 aliphatic rings. The summed E-state index contributed by atoms with van der Waals surface area (Å²) < 4.78 is 13.0. The van der Waals surface area contributed by atoms with E-state index in [0.29, 0.717) is 0 Å². The van der Waals surface area contributed by atoms with Crippen molar-refractivity contribution < 1.29 is 14.4 Å². The number of benzene rings is 1. The molecule has 0 saturated heterocycles. The summed E-state index contributed by atoms with van der Waals surface area (Å²) in [6.45, 7) is 3.56. The van der Waals surface area contributed by atoms with Crippen molar-refractivity contribution in [1.29, 1.82) is 0 Å². The van der Waals surface area contributed by atoms with Crippen molar-refractivity contribution in [3.05, 3.63) is 29.1 Å². The van der Waals surface area contributed by atoms with Crippen LogP contribution in [-0.2, 0) is 0 Å². The van der Waals surface area contributed by atoms with Gasteiger partial charge in [0.1, 0.15) is 5.82 Å². The fourth-order valence-corrected chi connectivity index (χ4v) is 1.00. The first-order valence-corrected chi connectivity index (χ1v) is 3.65. The fourth-order valence-electron chi connectivity index (χ4n) is 1.00. The molecule has 0 radical (unpaired) electrons. The quantitative estimate of drug-likeness (QED) is 0.584. The van der Waals surface area contributed by atoms with Gasteiger partial charge in [0.05, 0.1) is 0 Å². The van der Waals surface area contributed by atoms with E-state index in [9.17, 15) is 4.39 Å². The lowest BCUT2D eigenvalue weighted by atomic mass is 9.78.